The lowest BCUT2D eigenvalue weighted by molar-refractivity contribution is 0.832. The number of nitriles is 2. The van der Waals surface area contributed by atoms with Gasteiger partial charge in [0.2, 0.25) is 0 Å². The maximum atomic E-state index is 9.30. The van der Waals surface area contributed by atoms with Crippen molar-refractivity contribution >= 4 is 5.57 Å². The van der Waals surface area contributed by atoms with Crippen molar-refractivity contribution in [1.29, 1.82) is 10.5 Å². The van der Waals surface area contributed by atoms with Gasteiger partial charge in [0.05, 0.1) is 0 Å². The van der Waals surface area contributed by atoms with E-state index in [0.29, 0.717) is 0 Å². The van der Waals surface area contributed by atoms with Crippen LogP contribution in [-0.4, -0.2) is 0 Å². The third-order valence-corrected chi connectivity index (χ3v) is 5.04. The van der Waals surface area contributed by atoms with Gasteiger partial charge in [-0.05, 0) is 34.3 Å². The quantitative estimate of drug-likeness (QED) is 0.575. The van der Waals surface area contributed by atoms with Crippen molar-refractivity contribution in [2.45, 2.75) is 6.42 Å². The number of hydrogen-bond donors (Lipinski definition) is 0. The van der Waals surface area contributed by atoms with Gasteiger partial charge in [-0.2, -0.15) is 10.5 Å². The van der Waals surface area contributed by atoms with E-state index in [4.69, 9.17) is 0 Å². The highest BCUT2D eigenvalue weighted by Crippen LogP contribution is 2.52. The van der Waals surface area contributed by atoms with Crippen LogP contribution in [0, 0.1) is 34.5 Å². The van der Waals surface area contributed by atoms with Gasteiger partial charge in [0.15, 0.2) is 0 Å². The van der Waals surface area contributed by atoms with Crippen molar-refractivity contribution in [1.82, 2.24) is 0 Å². The molecule has 0 spiro atoms. The van der Waals surface area contributed by atoms with Crippen LogP contribution >= 0.6 is 0 Å². The molecule has 1 fully saturated rings. The van der Waals surface area contributed by atoms with E-state index in [0.717, 1.165) is 12.0 Å². The fourth-order valence-electron chi connectivity index (χ4n) is 4.01. The Hall–Kier alpha value is -3.36. The van der Waals surface area contributed by atoms with Gasteiger partial charge in [-0.25, -0.2) is 0 Å². The first-order chi connectivity index (χ1) is 12.3. The molecule has 2 aromatic carbocycles. The van der Waals surface area contributed by atoms with E-state index in [1.807, 2.05) is 12.1 Å². The van der Waals surface area contributed by atoms with Crippen LogP contribution in [0.25, 0.3) is 5.57 Å². The van der Waals surface area contributed by atoms with Gasteiger partial charge in [-0.15, -0.1) is 0 Å². The molecule has 118 valence electrons. The lowest BCUT2D eigenvalue weighted by atomic mass is 9.87. The van der Waals surface area contributed by atoms with E-state index in [1.54, 1.807) is 0 Å². The summed E-state index contributed by atoms with van der Waals surface area (Å²) in [6.45, 7) is 0. The van der Waals surface area contributed by atoms with Gasteiger partial charge in [0.25, 0.3) is 0 Å². The van der Waals surface area contributed by atoms with Crippen molar-refractivity contribution in [3.63, 3.8) is 0 Å². The second-order valence-electron chi connectivity index (χ2n) is 6.36. The molecule has 2 nitrogen and oxygen atoms in total. The predicted octanol–water partition coefficient (Wildman–Crippen LogP) is 5.04. The van der Waals surface area contributed by atoms with Crippen LogP contribution in [0.3, 0.4) is 0 Å². The van der Waals surface area contributed by atoms with Crippen molar-refractivity contribution < 1.29 is 0 Å². The molecule has 1 saturated carbocycles. The van der Waals surface area contributed by atoms with Gasteiger partial charge in [-0.3, -0.25) is 0 Å². The second kappa shape index (κ2) is 6.27. The molecular formula is C23H16N2. The zero-order chi connectivity index (χ0) is 17.2. The van der Waals surface area contributed by atoms with Crippen LogP contribution in [0.15, 0.2) is 89.5 Å². The summed E-state index contributed by atoms with van der Waals surface area (Å²) in [6, 6.07) is 24.9. The normalized spacial score (nSPS) is 20.2. The molecule has 0 aliphatic heterocycles. The van der Waals surface area contributed by atoms with Crippen molar-refractivity contribution in [2.24, 2.45) is 11.8 Å². The van der Waals surface area contributed by atoms with E-state index in [-0.39, 0.29) is 17.4 Å². The molecule has 25 heavy (non-hydrogen) atoms. The van der Waals surface area contributed by atoms with Gasteiger partial charge >= 0.3 is 0 Å². The molecule has 2 aliphatic rings. The Bertz CT molecular complexity index is 922. The Morgan fingerprint density at radius 1 is 0.800 bits per heavy atom. The maximum absolute atomic E-state index is 9.30. The summed E-state index contributed by atoms with van der Waals surface area (Å²) in [5.41, 5.74) is 6.15. The zero-order valence-electron chi connectivity index (χ0n) is 13.7. The molecule has 0 radical (unpaired) electrons. The smallest absolute Gasteiger partial charge is 0.129 e. The zero-order valence-corrected chi connectivity index (χ0v) is 13.7. The molecule has 2 bridgehead atoms. The Labute approximate surface area is 147 Å². The highest BCUT2D eigenvalue weighted by molar-refractivity contribution is 5.85. The minimum atomic E-state index is 0.0645. The first-order valence-electron chi connectivity index (χ1n) is 8.40. The van der Waals surface area contributed by atoms with Gasteiger partial charge < -0.3 is 0 Å². The van der Waals surface area contributed by atoms with Crippen LogP contribution in [-0.2, 0) is 0 Å². The lowest BCUT2D eigenvalue weighted by Crippen LogP contribution is -2.01. The molecular weight excluding hydrogens is 304 g/mol. The molecule has 4 rings (SSSR count). The van der Waals surface area contributed by atoms with Crippen LogP contribution in [0.5, 0.6) is 0 Å². The fraction of sp³-hybridized carbons (Fsp3) is 0.130. The number of benzene rings is 2. The third-order valence-electron chi connectivity index (χ3n) is 5.04. The lowest BCUT2D eigenvalue weighted by Gasteiger charge is -2.16. The molecule has 2 atom stereocenters. The SMILES string of the molecule is N#CC(C#N)=C1CC2C=CC1C2=C(c1ccccc1)c1ccccc1. The number of allylic oxidation sites excluding steroid dienone is 5. The van der Waals surface area contributed by atoms with Crippen LogP contribution in [0.4, 0.5) is 0 Å². The number of hydrogen-bond acceptors (Lipinski definition) is 2. The predicted molar refractivity (Wildman–Crippen MR) is 97.9 cm³/mol. The van der Waals surface area contributed by atoms with Gasteiger partial charge in [0.1, 0.15) is 17.7 Å². The summed E-state index contributed by atoms with van der Waals surface area (Å²) in [7, 11) is 0. The van der Waals surface area contributed by atoms with Crippen molar-refractivity contribution in [2.75, 3.05) is 0 Å². The molecule has 0 saturated heterocycles. The van der Waals surface area contributed by atoms with Gasteiger partial charge in [-0.1, -0.05) is 72.8 Å². The minimum absolute atomic E-state index is 0.0645. The first-order valence-corrected chi connectivity index (χ1v) is 8.40. The first kappa shape index (κ1) is 15.2. The Morgan fingerprint density at radius 2 is 1.36 bits per heavy atom. The third kappa shape index (κ3) is 2.49. The van der Waals surface area contributed by atoms with Crippen molar-refractivity contribution in [3.05, 3.63) is 101 Å². The highest BCUT2D eigenvalue weighted by atomic mass is 14.4. The summed E-state index contributed by atoms with van der Waals surface area (Å²) in [6.07, 6.45) is 5.15. The summed E-state index contributed by atoms with van der Waals surface area (Å²) >= 11 is 0. The summed E-state index contributed by atoms with van der Waals surface area (Å²) in [5, 5.41) is 18.6. The fourth-order valence-corrected chi connectivity index (χ4v) is 4.01. The Morgan fingerprint density at radius 3 is 1.88 bits per heavy atom. The van der Waals surface area contributed by atoms with E-state index in [2.05, 4.69) is 72.8 Å². The Balaban J connectivity index is 1.97. The molecule has 0 N–H and O–H groups in total. The summed E-state index contributed by atoms with van der Waals surface area (Å²) in [4.78, 5) is 0. The molecule has 2 heteroatoms. The largest absolute Gasteiger partial charge is 0.192 e. The van der Waals surface area contributed by atoms with Gasteiger partial charge in [0, 0.05) is 11.8 Å². The number of rotatable bonds is 2. The van der Waals surface area contributed by atoms with E-state index < -0.39 is 0 Å². The number of fused-ring (bicyclic) bond motifs is 2. The summed E-state index contributed by atoms with van der Waals surface area (Å²) in [5.74, 6) is 0.335. The highest BCUT2D eigenvalue weighted by Gasteiger charge is 2.40. The molecule has 2 aliphatic carbocycles. The van der Waals surface area contributed by atoms with Crippen LogP contribution in [0.2, 0.25) is 0 Å². The van der Waals surface area contributed by atoms with E-state index in [1.165, 1.54) is 22.3 Å². The molecule has 2 aromatic rings. The van der Waals surface area contributed by atoms with Crippen molar-refractivity contribution in [3.8, 4) is 12.1 Å². The second-order valence-corrected chi connectivity index (χ2v) is 6.36. The van der Waals surface area contributed by atoms with Crippen LogP contribution in [0.1, 0.15) is 17.5 Å². The standard InChI is InChI=1S/C23H16N2/c24-14-19(15-25)21-13-18-11-12-20(21)23(18)22(16-7-3-1-4-8-16)17-9-5-2-6-10-17/h1-12,18,20H,13H2. The molecule has 0 amide bonds. The molecule has 0 heterocycles. The van der Waals surface area contributed by atoms with Crippen LogP contribution < -0.4 is 0 Å². The molecule has 0 aromatic heterocycles. The number of nitrogens with zero attached hydrogens (tertiary/aromatic N) is 2. The average Bonchev–Trinajstić information content (AvgIpc) is 3.23. The minimum Gasteiger partial charge on any atom is -0.192 e. The van der Waals surface area contributed by atoms with E-state index in [9.17, 15) is 10.5 Å². The average molecular weight is 320 g/mol. The monoisotopic (exact) mass is 320 g/mol. The summed E-state index contributed by atoms with van der Waals surface area (Å²) < 4.78 is 0. The topological polar surface area (TPSA) is 47.6 Å². The molecule has 2 unspecified atom stereocenters. The Kier molecular flexibility index (Phi) is 3.81. The maximum Gasteiger partial charge on any atom is 0.129 e. The van der Waals surface area contributed by atoms with E-state index >= 15 is 0 Å².